The molecule has 26 nitrogen and oxygen atoms in total. The van der Waals surface area contributed by atoms with Gasteiger partial charge < -0.3 is 43.5 Å². The third-order valence-corrected chi connectivity index (χ3v) is 10.0. The molecule has 57 heavy (non-hydrogen) atoms. The van der Waals surface area contributed by atoms with Crippen LogP contribution in [0.1, 0.15) is 33.9 Å². The number of esters is 4. The van der Waals surface area contributed by atoms with Crippen LogP contribution < -0.4 is 16.6 Å². The highest BCUT2D eigenvalue weighted by Crippen LogP contribution is 2.61. The first kappa shape index (κ1) is 46.7. The second-order valence-corrected chi connectivity index (χ2v) is 14.7. The van der Waals surface area contributed by atoms with E-state index in [1.54, 1.807) is 4.98 Å². The van der Waals surface area contributed by atoms with Gasteiger partial charge in [-0.2, -0.15) is 17.5 Å². The molecule has 318 valence electrons. The Morgan fingerprint density at radius 1 is 0.965 bits per heavy atom. The molecule has 31 heteroatoms. The van der Waals surface area contributed by atoms with E-state index >= 15 is 0 Å². The highest BCUT2D eigenvalue weighted by molar-refractivity contribution is 7.61. The molecule has 2 aliphatic heterocycles. The summed E-state index contributed by atoms with van der Waals surface area (Å²) in [7, 11) is -11.9. The average Bonchev–Trinajstić information content (AvgIpc) is 3.39. The van der Waals surface area contributed by atoms with Crippen LogP contribution in [0.15, 0.2) is 27.0 Å². The number of nitrogens with one attached hydrogen (secondary N) is 2. The normalized spacial score (nSPS) is 28.1. The van der Waals surface area contributed by atoms with Crippen LogP contribution in [0, 0.1) is 5.92 Å². The molecular formula is C26H33F3N6O20P2. The van der Waals surface area contributed by atoms with Gasteiger partial charge in [0.25, 0.3) is 5.56 Å². The Morgan fingerprint density at radius 2 is 1.58 bits per heavy atom. The van der Waals surface area contributed by atoms with E-state index in [-0.39, 0.29) is 0 Å². The van der Waals surface area contributed by atoms with Crippen molar-refractivity contribution in [2.45, 2.75) is 83.0 Å². The summed E-state index contributed by atoms with van der Waals surface area (Å²) in [5.74, 6) is -8.05. The zero-order chi connectivity index (χ0) is 43.0. The summed E-state index contributed by atoms with van der Waals surface area (Å²) in [6.07, 6.45) is -18.7. The van der Waals surface area contributed by atoms with Crippen molar-refractivity contribution in [2.75, 3.05) is 19.8 Å². The van der Waals surface area contributed by atoms with Crippen LogP contribution in [0.5, 0.6) is 0 Å². The highest BCUT2D eigenvalue weighted by Gasteiger charge is 2.55. The maximum Gasteiger partial charge on any atom is 0.490 e. The first-order chi connectivity index (χ1) is 26.3. The van der Waals surface area contributed by atoms with Crippen LogP contribution in [-0.4, -0.2) is 118 Å². The van der Waals surface area contributed by atoms with E-state index in [1.807, 2.05) is 0 Å². The number of aromatic nitrogens is 2. The van der Waals surface area contributed by atoms with Gasteiger partial charge in [0.15, 0.2) is 24.7 Å². The summed E-state index contributed by atoms with van der Waals surface area (Å²) in [5, 5.41) is 5.31. The van der Waals surface area contributed by atoms with Crippen LogP contribution in [0.4, 0.5) is 13.2 Å². The predicted octanol–water partition coefficient (Wildman–Crippen LogP) is -0.259. The Balaban J connectivity index is 1.90. The molecule has 4 N–H and O–H groups in total. The molecule has 0 saturated carbocycles. The SMILES string of the molecule is CC(=O)OCC1O[C@H](OP(=O)(O)OP(=O)(O)OC[C@H]2O[C@@H](n3ccc(=O)[nH]c3=O)[C@@H](OC(=O)C(F)(F)F)C2OC(C)=O)[C@@H](NC(=O)CN=[N+]=[N-])C(C)[C@H]1OC(C)=O. The number of hydrogen-bond donors (Lipinski definition) is 4. The van der Waals surface area contributed by atoms with Crippen molar-refractivity contribution in [3.05, 3.63) is 43.5 Å². The summed E-state index contributed by atoms with van der Waals surface area (Å²) < 4.78 is 111. The Labute approximate surface area is 315 Å². The standard InChI is InChI=1S/C26H33F3N6O20P2/c1-10-18(32-17(40)7-31-34-30)23(52-14(8-47-11(2)36)19(10)49-12(3)37)54-57(45,46)55-56(43,44)48-9-15-20(50-13(4)38)21(53-24(41)26(27,28)29)22(51-15)35-6-5-16(39)33-25(35)42/h5-6,10,14-15,18-23H,7-9H2,1-4H3,(H,32,40)(H,43,44)(H,45,46)(H,33,39,42)/t10?,14?,15-,18+,19-,20?,21+,22-,23-/m1/s1. The van der Waals surface area contributed by atoms with Crippen molar-refractivity contribution in [1.29, 1.82) is 0 Å². The fraction of sp³-hybridized carbons (Fsp3) is 0.654. The molecule has 0 aromatic carbocycles. The lowest BCUT2D eigenvalue weighted by Crippen LogP contribution is -2.62. The van der Waals surface area contributed by atoms with Gasteiger partial charge in [-0.05, 0) is 5.53 Å². The first-order valence-electron chi connectivity index (χ1n) is 15.7. The number of carbonyl (C=O) groups excluding carboxylic acids is 5. The van der Waals surface area contributed by atoms with Gasteiger partial charge in [-0.1, -0.05) is 12.0 Å². The lowest BCUT2D eigenvalue weighted by atomic mass is 9.88. The number of phosphoric acid groups is 2. The molecule has 1 aromatic rings. The first-order valence-corrected chi connectivity index (χ1v) is 18.7. The van der Waals surface area contributed by atoms with E-state index in [9.17, 15) is 65.6 Å². The average molecular weight is 869 g/mol. The number of nitrogens with zero attached hydrogens (tertiary/aromatic N) is 4. The summed E-state index contributed by atoms with van der Waals surface area (Å²) in [4.78, 5) is 109. The maximum absolute atomic E-state index is 13.2. The lowest BCUT2D eigenvalue weighted by Gasteiger charge is -2.44. The number of aromatic amines is 1. The van der Waals surface area contributed by atoms with E-state index in [1.165, 1.54) is 6.92 Å². The highest BCUT2D eigenvalue weighted by atomic mass is 31.3. The summed E-state index contributed by atoms with van der Waals surface area (Å²) in [6.45, 7) is 1.13. The van der Waals surface area contributed by atoms with E-state index < -0.39 is 138 Å². The molecule has 2 aliphatic rings. The molecule has 1 amide bonds. The molecule has 2 fully saturated rings. The summed E-state index contributed by atoms with van der Waals surface area (Å²) in [5.41, 5.74) is 6.24. The number of carbonyl (C=O) groups is 5. The second kappa shape index (κ2) is 19.2. The maximum atomic E-state index is 13.2. The molecule has 5 unspecified atom stereocenters. The molecule has 3 rings (SSSR count). The van der Waals surface area contributed by atoms with Gasteiger partial charge >= 0.3 is 51.4 Å². The van der Waals surface area contributed by atoms with E-state index in [0.29, 0.717) is 16.8 Å². The van der Waals surface area contributed by atoms with Crippen molar-refractivity contribution in [2.24, 2.45) is 11.0 Å². The van der Waals surface area contributed by atoms with Gasteiger partial charge in [-0.15, -0.1) is 0 Å². The molecule has 3 heterocycles. The van der Waals surface area contributed by atoms with Crippen molar-refractivity contribution in [3.8, 4) is 0 Å². The summed E-state index contributed by atoms with van der Waals surface area (Å²) in [6, 6.07) is -0.914. The zero-order valence-corrected chi connectivity index (χ0v) is 31.3. The van der Waals surface area contributed by atoms with Crippen LogP contribution in [0.2, 0.25) is 0 Å². The van der Waals surface area contributed by atoms with Crippen LogP contribution in [0.25, 0.3) is 10.4 Å². The Kier molecular flexibility index (Phi) is 15.7. The van der Waals surface area contributed by atoms with Crippen molar-refractivity contribution >= 4 is 45.4 Å². The largest absolute Gasteiger partial charge is 0.490 e. The number of hydrogen-bond acceptors (Lipinski definition) is 19. The molecular weight excluding hydrogens is 835 g/mol. The summed E-state index contributed by atoms with van der Waals surface area (Å²) >= 11 is 0. The molecule has 1 aromatic heterocycles. The van der Waals surface area contributed by atoms with Crippen molar-refractivity contribution in [1.82, 2.24) is 14.9 Å². The number of alkyl halides is 3. The monoisotopic (exact) mass is 868 g/mol. The number of H-pyrrole nitrogens is 1. The number of amides is 1. The fourth-order valence-corrected chi connectivity index (χ4v) is 7.43. The Bertz CT molecular complexity index is 1960. The lowest BCUT2D eigenvalue weighted by molar-refractivity contribution is -0.241. The number of ether oxygens (including phenoxy) is 6. The van der Waals surface area contributed by atoms with Crippen LogP contribution >= 0.6 is 15.6 Å². The van der Waals surface area contributed by atoms with Crippen LogP contribution in [-0.2, 0) is 74.9 Å². The molecule has 0 aliphatic carbocycles. The minimum Gasteiger partial charge on any atom is -0.463 e. The third-order valence-electron chi connectivity index (χ3n) is 7.44. The van der Waals surface area contributed by atoms with Gasteiger partial charge in [-0.3, -0.25) is 42.6 Å². The molecule has 11 atom stereocenters. The van der Waals surface area contributed by atoms with E-state index in [0.717, 1.165) is 20.8 Å². The van der Waals surface area contributed by atoms with Crippen LogP contribution in [0.3, 0.4) is 0 Å². The minimum absolute atomic E-state index is 0.408. The van der Waals surface area contributed by atoms with Gasteiger partial charge in [0.05, 0.1) is 12.6 Å². The smallest absolute Gasteiger partial charge is 0.463 e. The number of halogens is 3. The topological polar surface area (TPSA) is 359 Å². The second-order valence-electron chi connectivity index (χ2n) is 11.7. The van der Waals surface area contributed by atoms with E-state index in [2.05, 4.69) is 28.9 Å². The fourth-order valence-electron chi connectivity index (χ4n) is 5.27. The molecule has 2 saturated heterocycles. The Morgan fingerprint density at radius 3 is 2.14 bits per heavy atom. The zero-order valence-electron chi connectivity index (χ0n) is 29.5. The van der Waals surface area contributed by atoms with Gasteiger partial charge in [0.1, 0.15) is 31.5 Å². The predicted molar refractivity (Wildman–Crippen MR) is 170 cm³/mol. The van der Waals surface area contributed by atoms with Gasteiger partial charge in [0.2, 0.25) is 5.91 Å². The van der Waals surface area contributed by atoms with E-state index in [4.69, 9.17) is 33.7 Å². The third kappa shape index (κ3) is 13.5. The molecule has 0 spiro atoms. The molecule has 0 bridgehead atoms. The number of phosphoric ester groups is 2. The van der Waals surface area contributed by atoms with Gasteiger partial charge in [0, 0.05) is 43.9 Å². The van der Waals surface area contributed by atoms with Crippen molar-refractivity contribution < 1.29 is 97.8 Å². The minimum atomic E-state index is -5.95. The quantitative estimate of drug-likeness (QED) is 0.0415. The van der Waals surface area contributed by atoms with Gasteiger partial charge in [-0.25, -0.2) is 18.7 Å². The molecule has 0 radical (unpaired) electrons. The van der Waals surface area contributed by atoms with Crippen molar-refractivity contribution in [3.63, 3.8) is 0 Å². The number of azide groups is 1. The number of rotatable bonds is 16. The Hall–Kier alpha value is -4.69.